The van der Waals surface area contributed by atoms with E-state index in [0.717, 1.165) is 6.42 Å². The molecule has 0 unspecified atom stereocenters. The summed E-state index contributed by atoms with van der Waals surface area (Å²) in [4.78, 5) is 70.6. The number of nitrogens with two attached hydrogens (primary N) is 2. The third kappa shape index (κ3) is 5.86. The Labute approximate surface area is 264 Å². The number of tetrazole rings is 1. The van der Waals surface area contributed by atoms with E-state index in [4.69, 9.17) is 11.5 Å². The lowest BCUT2D eigenvalue weighted by atomic mass is 9.73. The number of amides is 3. The fraction of sp³-hybridized carbons (Fsp3) is 0.714. The molecule has 17 heteroatoms. The molecule has 45 heavy (non-hydrogen) atoms. The number of nitrogens with zero attached hydrogens (tertiary/aromatic N) is 7. The number of aromatic nitrogens is 4. The van der Waals surface area contributed by atoms with Crippen molar-refractivity contribution in [2.75, 3.05) is 26.2 Å². The smallest absolute Gasteiger partial charge is 0.353 e. The number of fused-ring (bicyclic) bond motifs is 1. The molecule has 0 aliphatic carbocycles. The number of carboxylic acid groups (broad SMARTS) is 1. The van der Waals surface area contributed by atoms with Gasteiger partial charge in [0.05, 0.1) is 18.0 Å². The number of β-lactam (4-membered cyclic amide) rings is 1. The maximum absolute atomic E-state index is 13.7. The van der Waals surface area contributed by atoms with Crippen LogP contribution in [-0.4, -0.2) is 131 Å². The largest absolute Gasteiger partial charge is 0.477 e. The van der Waals surface area contributed by atoms with Gasteiger partial charge in [-0.3, -0.25) is 19.2 Å². The van der Waals surface area contributed by atoms with Crippen molar-refractivity contribution in [3.63, 3.8) is 0 Å². The van der Waals surface area contributed by atoms with E-state index in [2.05, 4.69) is 20.8 Å². The van der Waals surface area contributed by atoms with Crippen LogP contribution in [0.4, 0.5) is 0 Å². The highest BCUT2D eigenvalue weighted by Gasteiger charge is 2.60. The van der Waals surface area contributed by atoms with E-state index in [-0.39, 0.29) is 77.4 Å². The fourth-order valence-electron chi connectivity index (χ4n) is 7.66. The molecule has 0 aromatic carbocycles. The number of hydrogen-bond donors (Lipinski definition) is 4. The van der Waals surface area contributed by atoms with E-state index in [9.17, 15) is 29.1 Å². The lowest BCUT2D eigenvalue weighted by Crippen LogP contribution is -2.62. The lowest BCUT2D eigenvalue weighted by molar-refractivity contribution is -0.160. The van der Waals surface area contributed by atoms with Gasteiger partial charge in [-0.05, 0) is 35.6 Å². The molecule has 9 atom stereocenters. The molecule has 3 amide bonds. The summed E-state index contributed by atoms with van der Waals surface area (Å²) in [7, 11) is 0. The number of hydrogen-bond acceptors (Lipinski definition) is 12. The third-order valence-electron chi connectivity index (χ3n) is 9.80. The van der Waals surface area contributed by atoms with Crippen LogP contribution in [0.15, 0.2) is 16.9 Å². The van der Waals surface area contributed by atoms with E-state index in [0.29, 0.717) is 43.9 Å². The summed E-state index contributed by atoms with van der Waals surface area (Å²) in [5, 5.41) is 24.1. The van der Waals surface area contributed by atoms with Gasteiger partial charge in [0.2, 0.25) is 17.7 Å². The summed E-state index contributed by atoms with van der Waals surface area (Å²) in [6, 6.07) is -1.86. The Morgan fingerprint density at radius 2 is 1.93 bits per heavy atom. The standard InChI is InChI=1S/C28H40N10O6S/c1-13(5-17(39)11-36-12-32-33-34-36)21-22-14(2)24(23(28(43)44)38(22)27(21)42)45-18-7-19(31-8-18)25(40)37-10-16(30)6-20(37)26(41)35-4-3-15(29)9-35/h12-16,18-22,31H,3-11,29-30H2,1-2H3,(H,43,44)/t13-,14+,15+,16+,18-,19-,20-,21+,22+/m0/s1. The highest BCUT2D eigenvalue weighted by atomic mass is 32.2. The quantitative estimate of drug-likeness (QED) is 0.203. The molecule has 5 aliphatic heterocycles. The van der Waals surface area contributed by atoms with Crippen LogP contribution in [0.3, 0.4) is 0 Å². The van der Waals surface area contributed by atoms with Gasteiger partial charge in [0.1, 0.15) is 24.6 Å². The normalized spacial score (nSPS) is 33.5. The molecule has 1 aromatic heterocycles. The molecule has 5 aliphatic rings. The first-order chi connectivity index (χ1) is 21.4. The van der Waals surface area contributed by atoms with Crippen molar-refractivity contribution >= 4 is 41.2 Å². The van der Waals surface area contributed by atoms with Crippen LogP contribution in [0, 0.1) is 17.8 Å². The minimum absolute atomic E-state index is 0.00116. The van der Waals surface area contributed by atoms with Crippen molar-refractivity contribution in [3.8, 4) is 0 Å². The summed E-state index contributed by atoms with van der Waals surface area (Å²) in [5.74, 6) is -2.90. The molecule has 244 valence electrons. The average molecular weight is 645 g/mol. The van der Waals surface area contributed by atoms with Crippen LogP contribution in [-0.2, 0) is 30.5 Å². The zero-order chi connectivity index (χ0) is 32.2. The second-order valence-electron chi connectivity index (χ2n) is 13.0. The lowest BCUT2D eigenvalue weighted by Gasteiger charge is -2.47. The number of rotatable bonds is 10. The van der Waals surface area contributed by atoms with Gasteiger partial charge in [-0.2, -0.15) is 0 Å². The van der Waals surface area contributed by atoms with Crippen molar-refractivity contribution in [2.24, 2.45) is 29.2 Å². The Bertz CT molecular complexity index is 1410. The first-order valence-electron chi connectivity index (χ1n) is 15.5. The summed E-state index contributed by atoms with van der Waals surface area (Å²) in [5.41, 5.74) is 12.2. The summed E-state index contributed by atoms with van der Waals surface area (Å²) >= 11 is 1.40. The summed E-state index contributed by atoms with van der Waals surface area (Å²) < 4.78 is 1.33. The second-order valence-corrected chi connectivity index (χ2v) is 14.4. The van der Waals surface area contributed by atoms with Crippen LogP contribution in [0.5, 0.6) is 0 Å². The molecular weight excluding hydrogens is 604 g/mol. The molecule has 16 nitrogen and oxygen atoms in total. The molecule has 6 rings (SSSR count). The first-order valence-corrected chi connectivity index (χ1v) is 16.4. The minimum Gasteiger partial charge on any atom is -0.477 e. The number of thioether (sulfide) groups is 1. The Morgan fingerprint density at radius 3 is 2.60 bits per heavy atom. The van der Waals surface area contributed by atoms with Crippen molar-refractivity contribution in [3.05, 3.63) is 16.9 Å². The fourth-order valence-corrected chi connectivity index (χ4v) is 9.13. The zero-order valence-corrected chi connectivity index (χ0v) is 26.1. The van der Waals surface area contributed by atoms with Crippen LogP contribution in [0.2, 0.25) is 0 Å². The number of carboxylic acids is 1. The maximum Gasteiger partial charge on any atom is 0.353 e. The predicted octanol–water partition coefficient (Wildman–Crippen LogP) is -2.01. The number of ketones is 1. The maximum atomic E-state index is 13.7. The van der Waals surface area contributed by atoms with Crippen LogP contribution >= 0.6 is 11.8 Å². The van der Waals surface area contributed by atoms with E-state index in [1.54, 1.807) is 9.80 Å². The molecule has 1 aromatic rings. The molecule has 0 saturated carbocycles. The number of Topliss-reactive ketones (excluding diaryl/α,β-unsaturated/α-hetero) is 1. The molecular formula is C28H40N10O6S. The van der Waals surface area contributed by atoms with Gasteiger partial charge in [-0.1, -0.05) is 13.8 Å². The van der Waals surface area contributed by atoms with Gasteiger partial charge >= 0.3 is 5.97 Å². The van der Waals surface area contributed by atoms with E-state index in [1.807, 2.05) is 13.8 Å². The molecule has 0 spiro atoms. The van der Waals surface area contributed by atoms with Gasteiger partial charge in [0, 0.05) is 60.8 Å². The topological polar surface area (TPSA) is 223 Å². The van der Waals surface area contributed by atoms with Crippen molar-refractivity contribution in [1.82, 2.24) is 40.2 Å². The van der Waals surface area contributed by atoms with Gasteiger partial charge in [0.15, 0.2) is 5.78 Å². The summed E-state index contributed by atoms with van der Waals surface area (Å²) in [6.45, 7) is 5.57. The number of carbonyl (C=O) groups excluding carboxylic acids is 4. The number of aliphatic carboxylic acids is 1. The van der Waals surface area contributed by atoms with E-state index >= 15 is 0 Å². The van der Waals surface area contributed by atoms with Crippen LogP contribution in [0.25, 0.3) is 0 Å². The number of nitrogens with one attached hydrogen (secondary N) is 1. The molecule has 6 N–H and O–H groups in total. The SMILES string of the molecule is C[C@@H](CC(=O)Cn1cnnn1)[C@H]1C(=O)N2C(C(=O)O)=C(S[C@@H]3CN[C@H](C(=O)N4C[C@H](N)C[C@H]4C(=O)N4CC[C@@H](N)C4)C3)[C@H](C)[C@H]12. The van der Waals surface area contributed by atoms with Gasteiger partial charge in [-0.25, -0.2) is 9.48 Å². The van der Waals surface area contributed by atoms with Crippen LogP contribution < -0.4 is 16.8 Å². The van der Waals surface area contributed by atoms with Gasteiger partial charge in [-0.15, -0.1) is 16.9 Å². The molecule has 4 fully saturated rings. The van der Waals surface area contributed by atoms with E-state index < -0.39 is 24.0 Å². The van der Waals surface area contributed by atoms with Crippen molar-refractivity contribution in [2.45, 2.75) is 81.5 Å². The predicted molar refractivity (Wildman–Crippen MR) is 160 cm³/mol. The summed E-state index contributed by atoms with van der Waals surface area (Å²) in [6.07, 6.45) is 3.07. The van der Waals surface area contributed by atoms with Crippen LogP contribution in [0.1, 0.15) is 39.5 Å². The monoisotopic (exact) mass is 644 g/mol. The average Bonchev–Trinajstić information content (AvgIpc) is 3.81. The van der Waals surface area contributed by atoms with Gasteiger partial charge in [0.25, 0.3) is 0 Å². The van der Waals surface area contributed by atoms with Crippen molar-refractivity contribution in [1.29, 1.82) is 0 Å². The molecule has 0 radical (unpaired) electrons. The number of likely N-dealkylation sites (tertiary alicyclic amines) is 2. The highest BCUT2D eigenvalue weighted by Crippen LogP contribution is 2.53. The number of carbonyl (C=O) groups is 5. The highest BCUT2D eigenvalue weighted by molar-refractivity contribution is 8.03. The zero-order valence-electron chi connectivity index (χ0n) is 25.3. The Morgan fingerprint density at radius 1 is 1.16 bits per heavy atom. The molecule has 6 heterocycles. The second kappa shape index (κ2) is 12.4. The third-order valence-corrected chi connectivity index (χ3v) is 11.3. The Balaban J connectivity index is 1.09. The van der Waals surface area contributed by atoms with Gasteiger partial charge < -0.3 is 36.6 Å². The first kappa shape index (κ1) is 31.6. The van der Waals surface area contributed by atoms with E-state index in [1.165, 1.54) is 27.7 Å². The Kier molecular flexibility index (Phi) is 8.71. The molecule has 4 saturated heterocycles. The minimum atomic E-state index is -1.17. The Hall–Kier alpha value is -3.41. The van der Waals surface area contributed by atoms with Crippen molar-refractivity contribution < 1.29 is 29.1 Å². The molecule has 0 bridgehead atoms.